The van der Waals surface area contributed by atoms with Crippen molar-refractivity contribution in [1.82, 2.24) is 4.90 Å². The van der Waals surface area contributed by atoms with Gasteiger partial charge in [0.25, 0.3) is 5.91 Å². The van der Waals surface area contributed by atoms with E-state index in [0.29, 0.717) is 11.3 Å². The van der Waals surface area contributed by atoms with E-state index < -0.39 is 5.97 Å². The van der Waals surface area contributed by atoms with Gasteiger partial charge in [0.2, 0.25) is 0 Å². The van der Waals surface area contributed by atoms with Crippen LogP contribution in [-0.4, -0.2) is 47.7 Å². The van der Waals surface area contributed by atoms with Gasteiger partial charge in [-0.25, -0.2) is 4.79 Å². The smallest absolute Gasteiger partial charge is 0.331 e. The van der Waals surface area contributed by atoms with Gasteiger partial charge in [-0.2, -0.15) is 0 Å². The van der Waals surface area contributed by atoms with Gasteiger partial charge in [-0.15, -0.1) is 0 Å². The Morgan fingerprint density at radius 1 is 1.28 bits per heavy atom. The summed E-state index contributed by atoms with van der Waals surface area (Å²) in [5.41, 5.74) is 0.677. The molecule has 6 heteroatoms. The molecule has 1 aromatic carbocycles. The quantitative estimate of drug-likeness (QED) is 0.655. The van der Waals surface area contributed by atoms with Crippen molar-refractivity contribution in [3.05, 3.63) is 29.8 Å². The van der Waals surface area contributed by atoms with Gasteiger partial charge in [0, 0.05) is 18.2 Å². The predicted molar refractivity (Wildman–Crippen MR) is 94.3 cm³/mol. The number of piperidine rings is 1. The van der Waals surface area contributed by atoms with Crippen molar-refractivity contribution < 1.29 is 24.2 Å². The molecule has 1 amide bonds. The van der Waals surface area contributed by atoms with Crippen LogP contribution in [0.1, 0.15) is 38.7 Å². The van der Waals surface area contributed by atoms with Crippen LogP contribution in [0.2, 0.25) is 0 Å². The van der Waals surface area contributed by atoms with Gasteiger partial charge in [-0.05, 0) is 56.9 Å². The fraction of sp³-hybridized carbons (Fsp3) is 0.474. The van der Waals surface area contributed by atoms with Crippen molar-refractivity contribution >= 4 is 18.0 Å². The first-order valence-electron chi connectivity index (χ1n) is 8.45. The van der Waals surface area contributed by atoms with Gasteiger partial charge in [0.05, 0.1) is 7.11 Å². The van der Waals surface area contributed by atoms with Crippen LogP contribution in [0.15, 0.2) is 24.3 Å². The third-order valence-corrected chi connectivity index (χ3v) is 4.44. The van der Waals surface area contributed by atoms with Gasteiger partial charge in [-0.3, -0.25) is 4.79 Å². The highest BCUT2D eigenvalue weighted by Crippen LogP contribution is 2.26. The highest BCUT2D eigenvalue weighted by atomic mass is 16.5. The van der Waals surface area contributed by atoms with E-state index in [1.54, 1.807) is 18.2 Å². The number of carbonyl (C=O) groups excluding carboxylic acids is 2. The lowest BCUT2D eigenvalue weighted by Gasteiger charge is -2.38. The summed E-state index contributed by atoms with van der Waals surface area (Å²) in [7, 11) is 1.45. The molecule has 2 atom stereocenters. The fourth-order valence-corrected chi connectivity index (χ4v) is 3.13. The Hall–Kier alpha value is -2.50. The van der Waals surface area contributed by atoms with Crippen molar-refractivity contribution in [3.63, 3.8) is 0 Å². The van der Waals surface area contributed by atoms with Gasteiger partial charge in [-0.1, -0.05) is 6.07 Å². The maximum absolute atomic E-state index is 12.3. The van der Waals surface area contributed by atoms with Crippen molar-refractivity contribution in [2.45, 2.75) is 45.2 Å². The molecule has 1 fully saturated rings. The Bertz CT molecular complexity index is 645. The minimum absolute atomic E-state index is 0.0256. The Balaban J connectivity index is 1.88. The number of phenolic OH excluding ortho intramolecular Hbond substituents is 1. The van der Waals surface area contributed by atoms with E-state index >= 15 is 0 Å². The summed E-state index contributed by atoms with van der Waals surface area (Å²) in [4.78, 5) is 25.9. The molecule has 1 aliphatic heterocycles. The van der Waals surface area contributed by atoms with Crippen LogP contribution in [0.5, 0.6) is 11.5 Å². The standard InChI is InChI=1S/C19H25NO5/c1-13-5-4-6-14(2)20(13)18(22)12-25-19(23)10-8-15-7-9-16(21)17(11-15)24-3/h7-11,13-14,21H,4-6,12H2,1-3H3/b10-8+/t13-,14+. The van der Waals surface area contributed by atoms with Crippen molar-refractivity contribution in [2.75, 3.05) is 13.7 Å². The molecule has 25 heavy (non-hydrogen) atoms. The molecule has 0 spiro atoms. The molecule has 0 aromatic heterocycles. The second-order valence-electron chi connectivity index (χ2n) is 6.30. The lowest BCUT2D eigenvalue weighted by atomic mass is 9.97. The Morgan fingerprint density at radius 2 is 1.96 bits per heavy atom. The van der Waals surface area contributed by atoms with E-state index in [-0.39, 0.29) is 30.3 Å². The molecule has 0 aliphatic carbocycles. The van der Waals surface area contributed by atoms with E-state index in [0.717, 1.165) is 19.3 Å². The van der Waals surface area contributed by atoms with Crippen LogP contribution in [0.3, 0.4) is 0 Å². The fourth-order valence-electron chi connectivity index (χ4n) is 3.13. The average molecular weight is 347 g/mol. The SMILES string of the molecule is COc1cc(/C=C/C(=O)OCC(=O)N2[C@H](C)CCC[C@@H]2C)ccc1O. The first kappa shape index (κ1) is 18.8. The zero-order valence-corrected chi connectivity index (χ0v) is 14.9. The number of carbonyl (C=O) groups is 2. The minimum Gasteiger partial charge on any atom is -0.504 e. The van der Waals surface area contributed by atoms with Crippen LogP contribution in [0, 0.1) is 0 Å². The Morgan fingerprint density at radius 3 is 2.60 bits per heavy atom. The summed E-state index contributed by atoms with van der Waals surface area (Å²) < 4.78 is 10.1. The van der Waals surface area contributed by atoms with Crippen LogP contribution >= 0.6 is 0 Å². The third-order valence-electron chi connectivity index (χ3n) is 4.44. The van der Waals surface area contributed by atoms with Gasteiger partial charge in [0.1, 0.15) is 0 Å². The highest BCUT2D eigenvalue weighted by Gasteiger charge is 2.29. The Labute approximate surface area is 148 Å². The van der Waals surface area contributed by atoms with Gasteiger partial charge in [0.15, 0.2) is 18.1 Å². The number of likely N-dealkylation sites (tertiary alicyclic amines) is 1. The van der Waals surface area contributed by atoms with Gasteiger partial charge >= 0.3 is 5.97 Å². The van der Waals surface area contributed by atoms with E-state index in [9.17, 15) is 14.7 Å². The zero-order valence-electron chi connectivity index (χ0n) is 14.9. The molecule has 0 saturated carbocycles. The molecule has 1 N–H and O–H groups in total. The summed E-state index contributed by atoms with van der Waals surface area (Å²) >= 11 is 0. The van der Waals surface area contributed by atoms with Crippen LogP contribution in [-0.2, 0) is 14.3 Å². The number of ether oxygens (including phenoxy) is 2. The molecule has 1 heterocycles. The molecule has 6 nitrogen and oxygen atoms in total. The first-order chi connectivity index (χ1) is 11.9. The van der Waals surface area contributed by atoms with Crippen LogP contribution in [0.4, 0.5) is 0 Å². The second-order valence-corrected chi connectivity index (χ2v) is 6.30. The zero-order chi connectivity index (χ0) is 18.4. The molecule has 2 rings (SSSR count). The van der Waals surface area contributed by atoms with Crippen LogP contribution < -0.4 is 4.74 Å². The second kappa shape index (κ2) is 8.55. The van der Waals surface area contributed by atoms with Crippen molar-refractivity contribution in [2.24, 2.45) is 0 Å². The number of rotatable bonds is 5. The number of hydrogen-bond donors (Lipinski definition) is 1. The maximum Gasteiger partial charge on any atom is 0.331 e. The maximum atomic E-state index is 12.3. The van der Waals surface area contributed by atoms with E-state index in [2.05, 4.69) is 0 Å². The Kier molecular flexibility index (Phi) is 6.44. The van der Waals surface area contributed by atoms with E-state index in [1.165, 1.54) is 19.3 Å². The number of methoxy groups -OCH3 is 1. The number of benzene rings is 1. The summed E-state index contributed by atoms with van der Waals surface area (Å²) in [6.07, 6.45) is 5.87. The largest absolute Gasteiger partial charge is 0.504 e. The minimum atomic E-state index is -0.585. The molecule has 1 saturated heterocycles. The molecule has 1 aliphatic rings. The van der Waals surface area contributed by atoms with Gasteiger partial charge < -0.3 is 19.5 Å². The summed E-state index contributed by atoms with van der Waals surface area (Å²) in [5.74, 6) is -0.401. The third kappa shape index (κ3) is 4.98. The lowest BCUT2D eigenvalue weighted by molar-refractivity contribution is -0.151. The summed E-state index contributed by atoms with van der Waals surface area (Å²) in [6, 6.07) is 5.07. The normalized spacial score (nSPS) is 20.5. The predicted octanol–water partition coefficient (Wildman–Crippen LogP) is 2.75. The molecule has 136 valence electrons. The average Bonchev–Trinajstić information content (AvgIpc) is 2.59. The number of aromatic hydroxyl groups is 1. The molecular weight excluding hydrogens is 322 g/mol. The number of esters is 1. The summed E-state index contributed by atoms with van der Waals surface area (Å²) in [6.45, 7) is 3.79. The molecular formula is C19H25NO5. The topological polar surface area (TPSA) is 76.1 Å². The number of hydrogen-bond acceptors (Lipinski definition) is 5. The number of nitrogens with zero attached hydrogens (tertiary/aromatic N) is 1. The van der Waals surface area contributed by atoms with E-state index in [1.807, 2.05) is 18.7 Å². The molecule has 0 bridgehead atoms. The van der Waals surface area contributed by atoms with E-state index in [4.69, 9.17) is 9.47 Å². The monoisotopic (exact) mass is 347 g/mol. The molecule has 0 unspecified atom stereocenters. The van der Waals surface area contributed by atoms with Crippen molar-refractivity contribution in [1.29, 1.82) is 0 Å². The summed E-state index contributed by atoms with van der Waals surface area (Å²) in [5, 5.41) is 9.54. The number of phenols is 1. The lowest BCUT2D eigenvalue weighted by Crippen LogP contribution is -2.49. The molecule has 0 radical (unpaired) electrons. The number of amides is 1. The van der Waals surface area contributed by atoms with Crippen LogP contribution in [0.25, 0.3) is 6.08 Å². The van der Waals surface area contributed by atoms with Crippen molar-refractivity contribution in [3.8, 4) is 11.5 Å². The first-order valence-corrected chi connectivity index (χ1v) is 8.45. The molecule has 1 aromatic rings. The highest BCUT2D eigenvalue weighted by molar-refractivity contribution is 5.89.